The first kappa shape index (κ1) is 18.3. The third-order valence-corrected chi connectivity index (χ3v) is 3.57. The summed E-state index contributed by atoms with van der Waals surface area (Å²) in [7, 11) is 0. The van der Waals surface area contributed by atoms with Crippen LogP contribution in [0.25, 0.3) is 0 Å². The van der Waals surface area contributed by atoms with Crippen molar-refractivity contribution in [3.05, 3.63) is 0 Å². The van der Waals surface area contributed by atoms with Gasteiger partial charge in [0.1, 0.15) is 0 Å². The highest BCUT2D eigenvalue weighted by Gasteiger charge is 2.22. The minimum absolute atomic E-state index is 0.0580. The maximum Gasteiger partial charge on any atom is 0.0648 e. The van der Waals surface area contributed by atoms with Crippen molar-refractivity contribution in [1.82, 2.24) is 3.53 Å². The normalized spacial score (nSPS) is 13.1. The molecule has 3 nitrogen and oxygen atoms in total. The maximum atomic E-state index is 5.92. The molecule has 0 aliphatic rings. The average molecular weight is 469 g/mol. The van der Waals surface area contributed by atoms with Crippen molar-refractivity contribution in [2.75, 3.05) is 24.2 Å². The van der Waals surface area contributed by atoms with Crippen LogP contribution in [0.2, 0.25) is 0 Å². The molecule has 0 fully saturated rings. The predicted molar refractivity (Wildman–Crippen MR) is 90.2 cm³/mol. The first-order valence-corrected chi connectivity index (χ1v) is 8.61. The summed E-state index contributed by atoms with van der Waals surface area (Å²) < 4.78 is 15.9. The largest absolute Gasteiger partial charge is 0.375 e. The maximum absolute atomic E-state index is 5.92. The standard InChI is InChI=1S/C12H25I2NO2/c1-11(2,5-8-15-14)16-9-6-12(3,4)17-10-7-13/h15H,5-10H2,1-4H3. The lowest BCUT2D eigenvalue weighted by atomic mass is 10.0. The quantitative estimate of drug-likeness (QED) is 0.301. The SMILES string of the molecule is CC(C)(CCNI)OCCC(C)(C)OCCI. The van der Waals surface area contributed by atoms with E-state index in [0.717, 1.165) is 37.0 Å². The van der Waals surface area contributed by atoms with Crippen LogP contribution in [0.4, 0.5) is 0 Å². The van der Waals surface area contributed by atoms with E-state index < -0.39 is 0 Å². The minimum atomic E-state index is -0.0806. The van der Waals surface area contributed by atoms with Crippen molar-refractivity contribution in [2.45, 2.75) is 51.7 Å². The van der Waals surface area contributed by atoms with E-state index >= 15 is 0 Å². The average Bonchev–Trinajstić information content (AvgIpc) is 2.23. The van der Waals surface area contributed by atoms with Crippen LogP contribution in [-0.2, 0) is 9.47 Å². The van der Waals surface area contributed by atoms with Gasteiger partial charge in [-0.15, -0.1) is 0 Å². The monoisotopic (exact) mass is 469 g/mol. The molecule has 0 amide bonds. The van der Waals surface area contributed by atoms with Crippen molar-refractivity contribution < 1.29 is 9.47 Å². The molecule has 0 aromatic carbocycles. The fourth-order valence-corrected chi connectivity index (χ4v) is 1.87. The van der Waals surface area contributed by atoms with Gasteiger partial charge in [-0.3, -0.25) is 3.53 Å². The summed E-state index contributed by atoms with van der Waals surface area (Å²) >= 11 is 4.50. The molecule has 0 atom stereocenters. The highest BCUT2D eigenvalue weighted by molar-refractivity contribution is 14.1. The van der Waals surface area contributed by atoms with E-state index in [1.54, 1.807) is 0 Å². The Morgan fingerprint density at radius 1 is 0.941 bits per heavy atom. The zero-order valence-electron chi connectivity index (χ0n) is 11.3. The molecule has 5 heteroatoms. The highest BCUT2D eigenvalue weighted by atomic mass is 127. The molecule has 0 saturated carbocycles. The number of halogens is 2. The van der Waals surface area contributed by atoms with Crippen LogP contribution in [0.1, 0.15) is 40.5 Å². The molecule has 0 rings (SSSR count). The van der Waals surface area contributed by atoms with E-state index in [1.807, 2.05) is 0 Å². The van der Waals surface area contributed by atoms with E-state index in [4.69, 9.17) is 9.47 Å². The van der Waals surface area contributed by atoms with Crippen LogP contribution in [0.3, 0.4) is 0 Å². The first-order valence-electron chi connectivity index (χ1n) is 6.00. The fraction of sp³-hybridized carbons (Fsp3) is 1.00. The molecule has 0 aromatic heterocycles. The first-order chi connectivity index (χ1) is 7.83. The van der Waals surface area contributed by atoms with E-state index in [9.17, 15) is 0 Å². The molecular formula is C12H25I2NO2. The predicted octanol–water partition coefficient (Wildman–Crippen LogP) is 3.73. The molecule has 0 aliphatic heterocycles. The molecule has 17 heavy (non-hydrogen) atoms. The Labute approximate surface area is 133 Å². The summed E-state index contributed by atoms with van der Waals surface area (Å²) in [6, 6.07) is 0. The number of hydrogen-bond acceptors (Lipinski definition) is 3. The smallest absolute Gasteiger partial charge is 0.0648 e. The topological polar surface area (TPSA) is 30.5 Å². The molecule has 0 saturated heterocycles. The molecule has 0 radical (unpaired) electrons. The van der Waals surface area contributed by atoms with Gasteiger partial charge in [0.25, 0.3) is 0 Å². The van der Waals surface area contributed by atoms with Gasteiger partial charge in [0.2, 0.25) is 0 Å². The van der Waals surface area contributed by atoms with Gasteiger partial charge in [0, 0.05) is 33.8 Å². The van der Waals surface area contributed by atoms with E-state index in [1.165, 1.54) is 0 Å². The molecular weight excluding hydrogens is 444 g/mol. The zero-order chi connectivity index (χ0) is 13.4. The van der Waals surface area contributed by atoms with Crippen molar-refractivity contribution in [1.29, 1.82) is 0 Å². The summed E-state index contributed by atoms with van der Waals surface area (Å²) in [6.07, 6.45) is 1.95. The Hall–Kier alpha value is 1.34. The third kappa shape index (κ3) is 10.9. The number of hydrogen-bond donors (Lipinski definition) is 1. The van der Waals surface area contributed by atoms with Crippen LogP contribution in [0, 0.1) is 0 Å². The van der Waals surface area contributed by atoms with Gasteiger partial charge < -0.3 is 9.47 Å². The Balaban J connectivity index is 3.80. The molecule has 0 aliphatic carbocycles. The summed E-state index contributed by atoms with van der Waals surface area (Å²) in [5.74, 6) is 0. The van der Waals surface area contributed by atoms with E-state index in [2.05, 4.69) is 76.7 Å². The molecule has 0 spiro atoms. The van der Waals surface area contributed by atoms with Gasteiger partial charge in [-0.1, -0.05) is 22.6 Å². The molecule has 104 valence electrons. The molecule has 1 N–H and O–H groups in total. The summed E-state index contributed by atoms with van der Waals surface area (Å²) in [5, 5.41) is 0. The summed E-state index contributed by atoms with van der Waals surface area (Å²) in [4.78, 5) is 0. The number of alkyl halides is 1. The molecule has 0 aromatic rings. The lowest BCUT2D eigenvalue weighted by Crippen LogP contribution is -2.32. The van der Waals surface area contributed by atoms with E-state index in [-0.39, 0.29) is 11.2 Å². The zero-order valence-corrected chi connectivity index (χ0v) is 15.6. The number of ether oxygens (including phenoxy) is 2. The molecule has 0 bridgehead atoms. The minimum Gasteiger partial charge on any atom is -0.375 e. The van der Waals surface area contributed by atoms with Crippen molar-refractivity contribution >= 4 is 45.5 Å². The summed E-state index contributed by atoms with van der Waals surface area (Å²) in [5.41, 5.74) is -0.139. The Bertz CT molecular complexity index is 179. The van der Waals surface area contributed by atoms with Crippen LogP contribution in [-0.4, -0.2) is 35.4 Å². The van der Waals surface area contributed by atoms with Crippen LogP contribution in [0.5, 0.6) is 0 Å². The number of nitrogens with one attached hydrogen (secondary N) is 1. The van der Waals surface area contributed by atoms with E-state index in [0.29, 0.717) is 0 Å². The second kappa shape index (κ2) is 9.28. The van der Waals surface area contributed by atoms with Crippen molar-refractivity contribution in [2.24, 2.45) is 0 Å². The van der Waals surface area contributed by atoms with Gasteiger partial charge in [0.15, 0.2) is 0 Å². The lowest BCUT2D eigenvalue weighted by Gasteiger charge is -2.29. The van der Waals surface area contributed by atoms with Gasteiger partial charge in [-0.05, 0) is 40.5 Å². The van der Waals surface area contributed by atoms with Gasteiger partial charge >= 0.3 is 0 Å². The Morgan fingerprint density at radius 2 is 1.47 bits per heavy atom. The van der Waals surface area contributed by atoms with Crippen LogP contribution >= 0.6 is 45.5 Å². The lowest BCUT2D eigenvalue weighted by molar-refractivity contribution is -0.0698. The molecule has 0 unspecified atom stereocenters. The summed E-state index contributed by atoms with van der Waals surface area (Å²) in [6.45, 7) is 11.1. The third-order valence-electron chi connectivity index (χ3n) is 2.59. The van der Waals surface area contributed by atoms with Crippen molar-refractivity contribution in [3.63, 3.8) is 0 Å². The van der Waals surface area contributed by atoms with Gasteiger partial charge in [-0.2, -0.15) is 0 Å². The second-order valence-corrected chi connectivity index (χ2v) is 7.13. The fourth-order valence-electron chi connectivity index (χ4n) is 1.38. The van der Waals surface area contributed by atoms with Crippen LogP contribution < -0.4 is 3.53 Å². The number of rotatable bonds is 10. The van der Waals surface area contributed by atoms with Crippen molar-refractivity contribution in [3.8, 4) is 0 Å². The Kier molecular flexibility index (Phi) is 10.0. The highest BCUT2D eigenvalue weighted by Crippen LogP contribution is 2.19. The molecule has 0 heterocycles. The Morgan fingerprint density at radius 3 is 2.00 bits per heavy atom. The van der Waals surface area contributed by atoms with Crippen LogP contribution in [0.15, 0.2) is 0 Å². The second-order valence-electron chi connectivity index (χ2n) is 5.29. The van der Waals surface area contributed by atoms with Gasteiger partial charge in [-0.25, -0.2) is 0 Å². The van der Waals surface area contributed by atoms with Gasteiger partial charge in [0.05, 0.1) is 24.4 Å².